The Morgan fingerprint density at radius 3 is 2.80 bits per heavy atom. The summed E-state index contributed by atoms with van der Waals surface area (Å²) in [6.07, 6.45) is 2.35. The molecule has 5 nitrogen and oxygen atoms in total. The topological polar surface area (TPSA) is 69.6 Å². The molecule has 3 unspecified atom stereocenters. The second-order valence-electron chi connectivity index (χ2n) is 5.64. The Hall–Kier alpha value is -1.43. The van der Waals surface area contributed by atoms with E-state index >= 15 is 0 Å². The minimum Gasteiger partial charge on any atom is -0.398 e. The van der Waals surface area contributed by atoms with E-state index in [-0.39, 0.29) is 0 Å². The molecule has 1 heterocycles. The standard InChI is InChI=1S/C14H18BrN5/c1-8-6-7-12(9(8)2)20-14(17-18-19-20)10-4-3-5-11(16)13(10)15/h3-5,8-9,12H,6-7,16H2,1-2H3. The lowest BCUT2D eigenvalue weighted by molar-refractivity contribution is 0.328. The van der Waals surface area contributed by atoms with Crippen molar-refractivity contribution in [3.63, 3.8) is 0 Å². The van der Waals surface area contributed by atoms with Crippen molar-refractivity contribution in [1.29, 1.82) is 0 Å². The van der Waals surface area contributed by atoms with Crippen molar-refractivity contribution in [3.8, 4) is 11.4 Å². The van der Waals surface area contributed by atoms with Crippen LogP contribution in [0.4, 0.5) is 5.69 Å². The lowest BCUT2D eigenvalue weighted by Gasteiger charge is -2.19. The molecule has 1 aromatic heterocycles. The van der Waals surface area contributed by atoms with Crippen molar-refractivity contribution in [2.75, 3.05) is 5.73 Å². The molecule has 1 saturated carbocycles. The van der Waals surface area contributed by atoms with Crippen LogP contribution in [-0.4, -0.2) is 20.2 Å². The molecule has 3 atom stereocenters. The third-order valence-electron chi connectivity index (χ3n) is 4.50. The first-order chi connectivity index (χ1) is 9.59. The Labute approximate surface area is 126 Å². The van der Waals surface area contributed by atoms with Gasteiger partial charge in [0.2, 0.25) is 0 Å². The Balaban J connectivity index is 2.05. The molecule has 20 heavy (non-hydrogen) atoms. The highest BCUT2D eigenvalue weighted by molar-refractivity contribution is 9.10. The quantitative estimate of drug-likeness (QED) is 0.855. The second-order valence-corrected chi connectivity index (χ2v) is 6.43. The summed E-state index contributed by atoms with van der Waals surface area (Å²) in [5.41, 5.74) is 7.60. The SMILES string of the molecule is CC1CCC(n2nnnc2-c2cccc(N)c2Br)C1C. The number of benzene rings is 1. The smallest absolute Gasteiger partial charge is 0.183 e. The summed E-state index contributed by atoms with van der Waals surface area (Å²) in [7, 11) is 0. The van der Waals surface area contributed by atoms with Crippen molar-refractivity contribution >= 4 is 21.6 Å². The normalized spacial score (nSPS) is 26.1. The number of nitrogens with two attached hydrogens (primary N) is 1. The molecule has 0 amide bonds. The Morgan fingerprint density at radius 2 is 2.10 bits per heavy atom. The van der Waals surface area contributed by atoms with Gasteiger partial charge < -0.3 is 5.73 Å². The Morgan fingerprint density at radius 1 is 1.30 bits per heavy atom. The second kappa shape index (κ2) is 5.16. The van der Waals surface area contributed by atoms with Gasteiger partial charge >= 0.3 is 0 Å². The molecule has 1 aliphatic carbocycles. The molecule has 1 aromatic carbocycles. The van der Waals surface area contributed by atoms with Crippen LogP contribution in [-0.2, 0) is 0 Å². The lowest BCUT2D eigenvalue weighted by Crippen LogP contribution is -2.17. The first-order valence-corrected chi connectivity index (χ1v) is 7.71. The zero-order valence-corrected chi connectivity index (χ0v) is 13.2. The van der Waals surface area contributed by atoms with E-state index in [1.807, 2.05) is 22.9 Å². The van der Waals surface area contributed by atoms with E-state index in [1.165, 1.54) is 6.42 Å². The molecule has 1 fully saturated rings. The maximum atomic E-state index is 5.95. The van der Waals surface area contributed by atoms with E-state index in [4.69, 9.17) is 5.73 Å². The molecular formula is C14H18BrN5. The Kier molecular flexibility index (Phi) is 3.50. The van der Waals surface area contributed by atoms with Gasteiger partial charge in [-0.15, -0.1) is 5.10 Å². The summed E-state index contributed by atoms with van der Waals surface area (Å²) in [6, 6.07) is 6.14. The van der Waals surface area contributed by atoms with Crippen LogP contribution in [0.15, 0.2) is 22.7 Å². The average Bonchev–Trinajstić information content (AvgIpc) is 3.01. The van der Waals surface area contributed by atoms with Crippen LogP contribution in [0.1, 0.15) is 32.7 Å². The van der Waals surface area contributed by atoms with Gasteiger partial charge in [-0.2, -0.15) is 0 Å². The van der Waals surface area contributed by atoms with Gasteiger partial charge in [-0.1, -0.05) is 19.9 Å². The summed E-state index contributed by atoms with van der Waals surface area (Å²) >= 11 is 3.54. The van der Waals surface area contributed by atoms with Gasteiger partial charge in [-0.3, -0.25) is 0 Å². The highest BCUT2D eigenvalue weighted by Gasteiger charge is 2.33. The van der Waals surface area contributed by atoms with Gasteiger partial charge in [0.15, 0.2) is 5.82 Å². The van der Waals surface area contributed by atoms with E-state index in [9.17, 15) is 0 Å². The number of tetrazole rings is 1. The molecule has 0 spiro atoms. The molecule has 2 N–H and O–H groups in total. The van der Waals surface area contributed by atoms with Crippen LogP contribution >= 0.6 is 15.9 Å². The molecule has 6 heteroatoms. The molecule has 0 bridgehead atoms. The van der Waals surface area contributed by atoms with Gasteiger partial charge in [0.1, 0.15) is 0 Å². The summed E-state index contributed by atoms with van der Waals surface area (Å²) in [6.45, 7) is 4.58. The molecule has 3 rings (SSSR count). The third-order valence-corrected chi connectivity index (χ3v) is 5.38. The predicted molar refractivity (Wildman–Crippen MR) is 82.0 cm³/mol. The summed E-state index contributed by atoms with van der Waals surface area (Å²) in [5.74, 6) is 2.08. The maximum Gasteiger partial charge on any atom is 0.183 e. The fourth-order valence-corrected chi connectivity index (χ4v) is 3.44. The fourth-order valence-electron chi connectivity index (χ4n) is 3.00. The van der Waals surface area contributed by atoms with Gasteiger partial charge in [-0.25, -0.2) is 4.68 Å². The largest absolute Gasteiger partial charge is 0.398 e. The molecule has 0 radical (unpaired) electrons. The monoisotopic (exact) mass is 335 g/mol. The summed E-state index contributed by atoms with van der Waals surface area (Å²) < 4.78 is 2.82. The van der Waals surface area contributed by atoms with E-state index in [2.05, 4.69) is 45.3 Å². The van der Waals surface area contributed by atoms with Crippen molar-refractivity contribution < 1.29 is 0 Å². The van der Waals surface area contributed by atoms with Gasteiger partial charge in [-0.05, 0) is 63.2 Å². The number of hydrogen-bond donors (Lipinski definition) is 1. The minimum atomic E-state index is 0.364. The molecule has 2 aromatic rings. The van der Waals surface area contributed by atoms with Gasteiger partial charge in [0, 0.05) is 11.3 Å². The van der Waals surface area contributed by atoms with Crippen molar-refractivity contribution in [3.05, 3.63) is 22.7 Å². The fraction of sp³-hybridized carbons (Fsp3) is 0.500. The van der Waals surface area contributed by atoms with Crippen molar-refractivity contribution in [2.45, 2.75) is 32.7 Å². The number of aromatic nitrogens is 4. The zero-order valence-electron chi connectivity index (χ0n) is 11.6. The molecular weight excluding hydrogens is 318 g/mol. The molecule has 106 valence electrons. The third kappa shape index (κ3) is 2.12. The van der Waals surface area contributed by atoms with E-state index in [0.29, 0.717) is 23.6 Å². The highest BCUT2D eigenvalue weighted by atomic mass is 79.9. The predicted octanol–water partition coefficient (Wildman–Crippen LogP) is 3.29. The molecule has 0 aliphatic heterocycles. The number of nitrogens with zero attached hydrogens (tertiary/aromatic N) is 4. The number of halogens is 1. The van der Waals surface area contributed by atoms with Crippen LogP contribution in [0.3, 0.4) is 0 Å². The van der Waals surface area contributed by atoms with E-state index in [1.54, 1.807) is 0 Å². The van der Waals surface area contributed by atoms with Crippen LogP contribution in [0, 0.1) is 11.8 Å². The summed E-state index contributed by atoms with van der Waals surface area (Å²) in [4.78, 5) is 0. The number of anilines is 1. The highest BCUT2D eigenvalue weighted by Crippen LogP contribution is 2.41. The first-order valence-electron chi connectivity index (χ1n) is 6.91. The van der Waals surface area contributed by atoms with Crippen LogP contribution in [0.2, 0.25) is 0 Å². The lowest BCUT2D eigenvalue weighted by atomic mass is 9.98. The Bertz CT molecular complexity index is 624. The van der Waals surface area contributed by atoms with Crippen LogP contribution in [0.25, 0.3) is 11.4 Å². The number of rotatable bonds is 2. The minimum absolute atomic E-state index is 0.364. The van der Waals surface area contributed by atoms with Gasteiger partial charge in [0.05, 0.1) is 10.5 Å². The summed E-state index contributed by atoms with van der Waals surface area (Å²) in [5, 5.41) is 12.3. The van der Waals surface area contributed by atoms with E-state index < -0.39 is 0 Å². The van der Waals surface area contributed by atoms with E-state index in [0.717, 1.165) is 22.3 Å². The van der Waals surface area contributed by atoms with Crippen LogP contribution < -0.4 is 5.73 Å². The van der Waals surface area contributed by atoms with Gasteiger partial charge in [0.25, 0.3) is 0 Å². The first kappa shape index (κ1) is 13.5. The maximum absolute atomic E-state index is 5.95. The molecule has 0 saturated heterocycles. The van der Waals surface area contributed by atoms with Crippen LogP contribution in [0.5, 0.6) is 0 Å². The average molecular weight is 336 g/mol. The van der Waals surface area contributed by atoms with Crippen molar-refractivity contribution in [1.82, 2.24) is 20.2 Å². The molecule has 1 aliphatic rings. The zero-order chi connectivity index (χ0) is 14.3. The van der Waals surface area contributed by atoms with Crippen molar-refractivity contribution in [2.24, 2.45) is 11.8 Å². The number of hydrogen-bond acceptors (Lipinski definition) is 4. The number of nitrogen functional groups attached to an aromatic ring is 1.